The first kappa shape index (κ1) is 9.47. The van der Waals surface area contributed by atoms with Crippen LogP contribution < -0.4 is 5.32 Å². The minimum absolute atomic E-state index is 0.875. The normalized spacial score (nSPS) is 22.6. The molecule has 0 spiro atoms. The molecule has 0 saturated heterocycles. The zero-order valence-electron chi connectivity index (χ0n) is 8.76. The van der Waals surface area contributed by atoms with Crippen LogP contribution in [0.4, 0.5) is 0 Å². The molecule has 0 aromatic heterocycles. The first-order valence-corrected chi connectivity index (χ1v) is 5.84. The summed E-state index contributed by atoms with van der Waals surface area (Å²) in [6.07, 6.45) is 5.78. The summed E-state index contributed by atoms with van der Waals surface area (Å²) >= 11 is 0. The van der Waals surface area contributed by atoms with Gasteiger partial charge in [-0.3, -0.25) is 0 Å². The molecule has 76 valence electrons. The van der Waals surface area contributed by atoms with Crippen molar-refractivity contribution in [2.45, 2.75) is 38.6 Å². The van der Waals surface area contributed by atoms with Crippen molar-refractivity contribution in [1.29, 1.82) is 0 Å². The summed E-state index contributed by atoms with van der Waals surface area (Å²) in [6.45, 7) is 7.31. The van der Waals surface area contributed by atoms with E-state index in [2.05, 4.69) is 17.1 Å². The fourth-order valence-corrected chi connectivity index (χ4v) is 1.76. The molecule has 0 aliphatic heterocycles. The first-order chi connectivity index (χ1) is 6.38. The van der Waals surface area contributed by atoms with Crippen molar-refractivity contribution < 1.29 is 0 Å². The summed E-state index contributed by atoms with van der Waals surface area (Å²) in [5, 5.41) is 3.57. The third-order valence-electron chi connectivity index (χ3n) is 3.10. The van der Waals surface area contributed by atoms with Gasteiger partial charge >= 0.3 is 0 Å². The fraction of sp³-hybridized carbons (Fsp3) is 1.00. The third kappa shape index (κ3) is 3.65. The van der Waals surface area contributed by atoms with Crippen LogP contribution in [0.5, 0.6) is 0 Å². The van der Waals surface area contributed by atoms with E-state index in [0.29, 0.717) is 0 Å². The van der Waals surface area contributed by atoms with Crippen LogP contribution in [0, 0.1) is 5.92 Å². The Hall–Kier alpha value is -0.0800. The van der Waals surface area contributed by atoms with Crippen molar-refractivity contribution >= 4 is 0 Å². The summed E-state index contributed by atoms with van der Waals surface area (Å²) in [7, 11) is 0. The standard InChI is InChI=1S/C11H22N2/c1-2-13(9-10-3-4-10)8-7-12-11-5-6-11/h10-12H,2-9H2,1H3. The highest BCUT2D eigenvalue weighted by atomic mass is 15.1. The third-order valence-corrected chi connectivity index (χ3v) is 3.10. The van der Waals surface area contributed by atoms with Gasteiger partial charge in [0.15, 0.2) is 0 Å². The average Bonchev–Trinajstić information content (AvgIpc) is 2.97. The minimum atomic E-state index is 0.875. The van der Waals surface area contributed by atoms with Gasteiger partial charge in [-0.1, -0.05) is 6.92 Å². The highest BCUT2D eigenvalue weighted by Gasteiger charge is 2.24. The van der Waals surface area contributed by atoms with Gasteiger partial charge in [-0.15, -0.1) is 0 Å². The zero-order valence-corrected chi connectivity index (χ0v) is 8.76. The Morgan fingerprint density at radius 1 is 1.23 bits per heavy atom. The van der Waals surface area contributed by atoms with Crippen molar-refractivity contribution in [3.8, 4) is 0 Å². The number of likely N-dealkylation sites (N-methyl/N-ethyl adjacent to an activating group) is 1. The topological polar surface area (TPSA) is 15.3 Å². The molecule has 0 aromatic rings. The number of nitrogens with zero attached hydrogens (tertiary/aromatic N) is 1. The Labute approximate surface area is 81.7 Å². The lowest BCUT2D eigenvalue weighted by Crippen LogP contribution is -2.34. The van der Waals surface area contributed by atoms with E-state index >= 15 is 0 Å². The Morgan fingerprint density at radius 2 is 2.00 bits per heavy atom. The highest BCUT2D eigenvalue weighted by molar-refractivity contribution is 4.82. The van der Waals surface area contributed by atoms with E-state index in [1.807, 2.05) is 0 Å². The first-order valence-electron chi connectivity index (χ1n) is 5.84. The van der Waals surface area contributed by atoms with Crippen molar-refractivity contribution in [2.75, 3.05) is 26.2 Å². The van der Waals surface area contributed by atoms with Crippen molar-refractivity contribution in [3.05, 3.63) is 0 Å². The van der Waals surface area contributed by atoms with Gasteiger partial charge in [-0.2, -0.15) is 0 Å². The lowest BCUT2D eigenvalue weighted by molar-refractivity contribution is 0.275. The van der Waals surface area contributed by atoms with Gasteiger partial charge in [0.05, 0.1) is 0 Å². The predicted molar refractivity (Wildman–Crippen MR) is 55.9 cm³/mol. The quantitative estimate of drug-likeness (QED) is 0.641. The van der Waals surface area contributed by atoms with Crippen LogP contribution in [0.3, 0.4) is 0 Å². The second-order valence-electron chi connectivity index (χ2n) is 4.57. The molecular formula is C11H22N2. The zero-order chi connectivity index (χ0) is 9.10. The lowest BCUT2D eigenvalue weighted by atomic mass is 10.3. The van der Waals surface area contributed by atoms with E-state index in [1.54, 1.807) is 0 Å². The molecule has 2 heteroatoms. The summed E-state index contributed by atoms with van der Waals surface area (Å²) < 4.78 is 0. The average molecular weight is 182 g/mol. The molecule has 0 bridgehead atoms. The monoisotopic (exact) mass is 182 g/mol. The van der Waals surface area contributed by atoms with Gasteiger partial charge in [0.2, 0.25) is 0 Å². The van der Waals surface area contributed by atoms with Gasteiger partial charge in [-0.05, 0) is 38.1 Å². The molecule has 2 nitrogen and oxygen atoms in total. The molecule has 13 heavy (non-hydrogen) atoms. The molecular weight excluding hydrogens is 160 g/mol. The van der Waals surface area contributed by atoms with Crippen LogP contribution in [0.1, 0.15) is 32.6 Å². The van der Waals surface area contributed by atoms with E-state index in [9.17, 15) is 0 Å². The van der Waals surface area contributed by atoms with Crippen molar-refractivity contribution in [3.63, 3.8) is 0 Å². The van der Waals surface area contributed by atoms with E-state index in [1.165, 1.54) is 51.9 Å². The SMILES string of the molecule is CCN(CCNC1CC1)CC1CC1. The molecule has 0 unspecified atom stereocenters. The Morgan fingerprint density at radius 3 is 2.54 bits per heavy atom. The van der Waals surface area contributed by atoms with Crippen LogP contribution in [0.2, 0.25) is 0 Å². The molecule has 1 N–H and O–H groups in total. The molecule has 0 heterocycles. The Balaban J connectivity index is 1.52. The molecule has 2 fully saturated rings. The van der Waals surface area contributed by atoms with Gasteiger partial charge in [0, 0.05) is 25.7 Å². The number of rotatable bonds is 7. The smallest absolute Gasteiger partial charge is 0.0107 e. The highest BCUT2D eigenvalue weighted by Crippen LogP contribution is 2.29. The molecule has 0 atom stereocenters. The molecule has 0 amide bonds. The van der Waals surface area contributed by atoms with E-state index in [-0.39, 0.29) is 0 Å². The maximum absolute atomic E-state index is 3.57. The fourth-order valence-electron chi connectivity index (χ4n) is 1.76. The number of hydrogen-bond acceptors (Lipinski definition) is 2. The van der Waals surface area contributed by atoms with Crippen LogP contribution in [0.15, 0.2) is 0 Å². The minimum Gasteiger partial charge on any atom is -0.313 e. The molecule has 0 aromatic carbocycles. The van der Waals surface area contributed by atoms with E-state index in [4.69, 9.17) is 0 Å². The summed E-state index contributed by atoms with van der Waals surface area (Å²) in [6, 6.07) is 0.875. The van der Waals surface area contributed by atoms with Crippen molar-refractivity contribution in [1.82, 2.24) is 10.2 Å². The number of hydrogen-bond donors (Lipinski definition) is 1. The van der Waals surface area contributed by atoms with Gasteiger partial charge in [0.25, 0.3) is 0 Å². The van der Waals surface area contributed by atoms with E-state index in [0.717, 1.165) is 12.0 Å². The second kappa shape index (κ2) is 4.43. The maximum atomic E-state index is 3.57. The van der Waals surface area contributed by atoms with Gasteiger partial charge in [0.1, 0.15) is 0 Å². The summed E-state index contributed by atoms with van der Waals surface area (Å²) in [5.41, 5.74) is 0. The molecule has 2 rings (SSSR count). The molecule has 2 aliphatic rings. The van der Waals surface area contributed by atoms with Crippen LogP contribution in [-0.2, 0) is 0 Å². The molecule has 0 radical (unpaired) electrons. The van der Waals surface area contributed by atoms with Crippen molar-refractivity contribution in [2.24, 2.45) is 5.92 Å². The largest absolute Gasteiger partial charge is 0.313 e. The summed E-state index contributed by atoms with van der Waals surface area (Å²) in [4.78, 5) is 2.59. The Kier molecular flexibility index (Phi) is 3.23. The molecule has 2 saturated carbocycles. The van der Waals surface area contributed by atoms with Gasteiger partial charge in [-0.25, -0.2) is 0 Å². The predicted octanol–water partition coefficient (Wildman–Crippen LogP) is 1.47. The van der Waals surface area contributed by atoms with Gasteiger partial charge < -0.3 is 10.2 Å². The van der Waals surface area contributed by atoms with Crippen LogP contribution in [0.25, 0.3) is 0 Å². The maximum Gasteiger partial charge on any atom is 0.0107 e. The second-order valence-corrected chi connectivity index (χ2v) is 4.57. The molecule has 2 aliphatic carbocycles. The van der Waals surface area contributed by atoms with E-state index < -0.39 is 0 Å². The lowest BCUT2D eigenvalue weighted by Gasteiger charge is -2.20. The summed E-state index contributed by atoms with van der Waals surface area (Å²) in [5.74, 6) is 1.04. The van der Waals surface area contributed by atoms with Crippen LogP contribution >= 0.6 is 0 Å². The number of nitrogens with one attached hydrogen (secondary N) is 1. The van der Waals surface area contributed by atoms with Crippen LogP contribution in [-0.4, -0.2) is 37.1 Å². The Bertz CT molecular complexity index is 150.